The molecule has 0 saturated carbocycles. The van der Waals surface area contributed by atoms with E-state index in [4.69, 9.17) is 0 Å². The molecule has 0 bridgehead atoms. The Morgan fingerprint density at radius 2 is 1.68 bits per heavy atom. The number of amides is 1. The number of aliphatic hydroxyl groups is 2. The van der Waals surface area contributed by atoms with Crippen LogP contribution in [0.15, 0.2) is 24.3 Å². The summed E-state index contributed by atoms with van der Waals surface area (Å²) in [5.74, 6) is -0.237. The highest BCUT2D eigenvalue weighted by Crippen LogP contribution is 2.19. The molecule has 0 aliphatic carbocycles. The molecule has 0 radical (unpaired) electrons. The minimum Gasteiger partial charge on any atom is -0.396 e. The summed E-state index contributed by atoms with van der Waals surface area (Å²) in [7, 11) is 1.65. The fraction of sp³-hybridized carbons (Fsp3) is 0.474. The molecule has 0 aliphatic rings. The Kier molecular flexibility index (Phi) is 5.65. The van der Waals surface area contributed by atoms with Gasteiger partial charge in [-0.3, -0.25) is 4.79 Å². The molecule has 2 N–H and O–H groups in total. The van der Waals surface area contributed by atoms with E-state index in [-0.39, 0.29) is 25.7 Å². The second-order valence-corrected chi connectivity index (χ2v) is 7.22. The van der Waals surface area contributed by atoms with Gasteiger partial charge in [0.1, 0.15) is 0 Å². The zero-order valence-electron chi connectivity index (χ0n) is 15.6. The maximum Gasteiger partial charge on any atom is 0.274 e. The molecule has 2 rings (SSSR count). The van der Waals surface area contributed by atoms with Gasteiger partial charge in [0.15, 0.2) is 5.69 Å². The summed E-state index contributed by atoms with van der Waals surface area (Å²) in [6.45, 7) is 7.55. The summed E-state index contributed by atoms with van der Waals surface area (Å²) in [4.78, 5) is 14.2. The molecule has 0 aliphatic heterocycles. The van der Waals surface area contributed by atoms with Crippen molar-refractivity contribution in [2.24, 2.45) is 5.41 Å². The highest BCUT2D eigenvalue weighted by molar-refractivity contribution is 5.92. The maximum absolute atomic E-state index is 12.7. The molecule has 0 unspecified atom stereocenters. The Balaban J connectivity index is 2.28. The average Bonchev–Trinajstić information content (AvgIpc) is 2.94. The Morgan fingerprint density at radius 3 is 2.20 bits per heavy atom. The third-order valence-corrected chi connectivity index (χ3v) is 4.29. The highest BCUT2D eigenvalue weighted by atomic mass is 16.3. The SMILES string of the molecule is Cc1cc(C)cc(-n2nc(C(=O)N(C)CC(C)(CO)CO)cc2C)c1. The zero-order valence-corrected chi connectivity index (χ0v) is 15.6. The first-order valence-electron chi connectivity index (χ1n) is 8.31. The van der Waals surface area contributed by atoms with Gasteiger partial charge < -0.3 is 15.1 Å². The largest absolute Gasteiger partial charge is 0.396 e. The predicted molar refractivity (Wildman–Crippen MR) is 97.0 cm³/mol. The number of aryl methyl sites for hydroxylation is 3. The van der Waals surface area contributed by atoms with E-state index in [9.17, 15) is 15.0 Å². The molecule has 1 aromatic carbocycles. The zero-order chi connectivity index (χ0) is 18.8. The maximum atomic E-state index is 12.7. The van der Waals surface area contributed by atoms with Gasteiger partial charge in [0.05, 0.1) is 18.9 Å². The van der Waals surface area contributed by atoms with E-state index >= 15 is 0 Å². The average molecular weight is 345 g/mol. The third kappa shape index (κ3) is 4.27. The van der Waals surface area contributed by atoms with Crippen LogP contribution in [0.2, 0.25) is 0 Å². The summed E-state index contributed by atoms with van der Waals surface area (Å²) < 4.78 is 1.76. The number of hydrogen-bond acceptors (Lipinski definition) is 4. The summed E-state index contributed by atoms with van der Waals surface area (Å²) in [5, 5.41) is 23.3. The van der Waals surface area contributed by atoms with Crippen LogP contribution in [0.4, 0.5) is 0 Å². The molecular weight excluding hydrogens is 318 g/mol. The van der Waals surface area contributed by atoms with Crippen molar-refractivity contribution in [1.29, 1.82) is 0 Å². The minimum atomic E-state index is -0.740. The summed E-state index contributed by atoms with van der Waals surface area (Å²) in [6.07, 6.45) is 0. The molecule has 0 fully saturated rings. The molecule has 0 saturated heterocycles. The number of aromatic nitrogens is 2. The van der Waals surface area contributed by atoms with Gasteiger partial charge in [-0.05, 0) is 50.1 Å². The van der Waals surface area contributed by atoms with Crippen molar-refractivity contribution in [1.82, 2.24) is 14.7 Å². The van der Waals surface area contributed by atoms with Gasteiger partial charge in [0.2, 0.25) is 0 Å². The standard InChI is InChI=1S/C19H27N3O3/c1-13-6-14(2)8-16(7-13)22-15(3)9-17(20-22)18(25)21(5)10-19(4,11-23)12-24/h6-9,23-24H,10-12H2,1-5H3. The van der Waals surface area contributed by atoms with E-state index in [1.807, 2.05) is 32.9 Å². The van der Waals surface area contributed by atoms with Crippen LogP contribution in [0.3, 0.4) is 0 Å². The number of carbonyl (C=O) groups excluding carboxylic acids is 1. The fourth-order valence-corrected chi connectivity index (χ4v) is 2.90. The minimum absolute atomic E-state index is 0.197. The van der Waals surface area contributed by atoms with Crippen molar-refractivity contribution in [3.05, 3.63) is 46.8 Å². The Labute approximate surface area is 148 Å². The first-order valence-corrected chi connectivity index (χ1v) is 8.31. The molecule has 1 amide bonds. The van der Waals surface area contributed by atoms with Crippen LogP contribution in [0.5, 0.6) is 0 Å². The van der Waals surface area contributed by atoms with E-state index < -0.39 is 5.41 Å². The van der Waals surface area contributed by atoms with Crippen molar-refractivity contribution < 1.29 is 15.0 Å². The number of benzene rings is 1. The lowest BCUT2D eigenvalue weighted by molar-refractivity contribution is 0.0363. The van der Waals surface area contributed by atoms with Gasteiger partial charge in [-0.25, -0.2) is 4.68 Å². The fourth-order valence-electron chi connectivity index (χ4n) is 2.90. The molecule has 6 nitrogen and oxygen atoms in total. The summed E-state index contributed by atoms with van der Waals surface area (Å²) in [5.41, 5.74) is 3.67. The summed E-state index contributed by atoms with van der Waals surface area (Å²) in [6, 6.07) is 7.90. The number of rotatable bonds is 6. The lowest BCUT2D eigenvalue weighted by Gasteiger charge is -2.29. The molecular formula is C19H27N3O3. The molecule has 0 atom stereocenters. The topological polar surface area (TPSA) is 78.6 Å². The quantitative estimate of drug-likeness (QED) is 0.838. The number of hydrogen-bond donors (Lipinski definition) is 2. The number of nitrogens with zero attached hydrogens (tertiary/aromatic N) is 3. The smallest absolute Gasteiger partial charge is 0.274 e. The molecule has 6 heteroatoms. The molecule has 2 aromatic rings. The van der Waals surface area contributed by atoms with Crippen LogP contribution in [0.1, 0.15) is 34.2 Å². The van der Waals surface area contributed by atoms with Crippen molar-refractivity contribution >= 4 is 5.91 Å². The first kappa shape index (κ1) is 19.1. The molecule has 25 heavy (non-hydrogen) atoms. The summed E-state index contributed by atoms with van der Waals surface area (Å²) >= 11 is 0. The third-order valence-electron chi connectivity index (χ3n) is 4.29. The first-order chi connectivity index (χ1) is 11.7. The van der Waals surface area contributed by atoms with Crippen molar-refractivity contribution in [2.75, 3.05) is 26.8 Å². The Morgan fingerprint density at radius 1 is 1.12 bits per heavy atom. The van der Waals surface area contributed by atoms with Crippen LogP contribution >= 0.6 is 0 Å². The van der Waals surface area contributed by atoms with Gasteiger partial charge in [-0.1, -0.05) is 13.0 Å². The second kappa shape index (κ2) is 7.37. The highest BCUT2D eigenvalue weighted by Gasteiger charge is 2.28. The number of carbonyl (C=O) groups is 1. The van der Waals surface area contributed by atoms with Crippen LogP contribution in [-0.2, 0) is 0 Å². The van der Waals surface area contributed by atoms with E-state index in [1.54, 1.807) is 24.7 Å². The molecule has 1 aromatic heterocycles. The lowest BCUT2D eigenvalue weighted by Crippen LogP contribution is -2.41. The van der Waals surface area contributed by atoms with Crippen LogP contribution in [0.25, 0.3) is 5.69 Å². The predicted octanol–water partition coefficient (Wildman–Crippen LogP) is 1.86. The van der Waals surface area contributed by atoms with E-state index in [0.717, 1.165) is 22.5 Å². The van der Waals surface area contributed by atoms with Gasteiger partial charge >= 0.3 is 0 Å². The molecule has 1 heterocycles. The van der Waals surface area contributed by atoms with Gasteiger partial charge in [0.25, 0.3) is 5.91 Å². The van der Waals surface area contributed by atoms with E-state index in [2.05, 4.69) is 11.2 Å². The molecule has 0 spiro atoms. The van der Waals surface area contributed by atoms with Crippen molar-refractivity contribution in [3.63, 3.8) is 0 Å². The van der Waals surface area contributed by atoms with Crippen LogP contribution in [0, 0.1) is 26.2 Å². The lowest BCUT2D eigenvalue weighted by atomic mass is 9.92. The van der Waals surface area contributed by atoms with Gasteiger partial charge in [-0.2, -0.15) is 5.10 Å². The molecule has 136 valence electrons. The van der Waals surface area contributed by atoms with Gasteiger partial charge in [0, 0.05) is 24.7 Å². The Bertz CT molecular complexity index is 743. The van der Waals surface area contributed by atoms with Crippen molar-refractivity contribution in [2.45, 2.75) is 27.7 Å². The van der Waals surface area contributed by atoms with Crippen molar-refractivity contribution in [3.8, 4) is 5.69 Å². The normalized spacial score (nSPS) is 11.6. The number of aliphatic hydroxyl groups excluding tert-OH is 2. The van der Waals surface area contributed by atoms with Gasteiger partial charge in [-0.15, -0.1) is 0 Å². The van der Waals surface area contributed by atoms with Crippen LogP contribution in [-0.4, -0.2) is 57.6 Å². The second-order valence-electron chi connectivity index (χ2n) is 7.22. The van der Waals surface area contributed by atoms with E-state index in [0.29, 0.717) is 5.69 Å². The van der Waals surface area contributed by atoms with E-state index in [1.165, 1.54) is 4.90 Å². The Hall–Kier alpha value is -2.18. The monoisotopic (exact) mass is 345 g/mol. The van der Waals surface area contributed by atoms with Crippen LogP contribution < -0.4 is 0 Å².